The number of hydrogen-bond donors (Lipinski definition) is 2. The van der Waals surface area contributed by atoms with Gasteiger partial charge in [0.15, 0.2) is 0 Å². The molecule has 36 heavy (non-hydrogen) atoms. The Morgan fingerprint density at radius 3 is 2.44 bits per heavy atom. The molecule has 2 aromatic heterocycles. The monoisotopic (exact) mass is 521 g/mol. The van der Waals surface area contributed by atoms with Gasteiger partial charge >= 0.3 is 0 Å². The smallest absolute Gasteiger partial charge is 0.290 e. The summed E-state index contributed by atoms with van der Waals surface area (Å²) >= 11 is 12.4. The Labute approximate surface area is 218 Å². The Morgan fingerprint density at radius 1 is 1.03 bits per heavy atom. The molecule has 0 fully saturated rings. The van der Waals surface area contributed by atoms with Gasteiger partial charge < -0.3 is 21.2 Å². The highest BCUT2D eigenvalue weighted by Gasteiger charge is 2.21. The quantitative estimate of drug-likeness (QED) is 0.122. The van der Waals surface area contributed by atoms with Gasteiger partial charge in [0.05, 0.1) is 34.2 Å². The van der Waals surface area contributed by atoms with Gasteiger partial charge in [-0.05, 0) is 36.3 Å². The van der Waals surface area contributed by atoms with Crippen LogP contribution in [-0.2, 0) is 4.74 Å². The lowest BCUT2D eigenvalue weighted by molar-refractivity contribution is 0.397. The molecule has 0 unspecified atom stereocenters. The van der Waals surface area contributed by atoms with Gasteiger partial charge in [0, 0.05) is 29.9 Å². The van der Waals surface area contributed by atoms with E-state index in [2.05, 4.69) is 45.2 Å². The van der Waals surface area contributed by atoms with Crippen molar-refractivity contribution in [2.24, 2.45) is 21.9 Å². The molecule has 3 rings (SSSR count). The molecule has 11 heteroatoms. The zero-order valence-corrected chi connectivity index (χ0v) is 20.7. The number of rotatable bonds is 6. The molecule has 0 aliphatic heterocycles. The van der Waals surface area contributed by atoms with Crippen LogP contribution in [0.25, 0.3) is 11.5 Å². The van der Waals surface area contributed by atoms with Gasteiger partial charge in [-0.2, -0.15) is 5.10 Å². The standard InChI is InChI=1S/C25H21Cl2N7O2/c1-16(21-9-8-19(26)15-31-21)34(22-7-5-4-6-20(22)27)23(32-28)10-11-24(33-29)36-17(2)18-12-13-30-25(14-18)35-3/h4-9,12-15H,1-2,28-29H2,3H3/b32-23-,33-24-. The Morgan fingerprint density at radius 2 is 1.81 bits per heavy atom. The van der Waals surface area contributed by atoms with Gasteiger partial charge in [0.1, 0.15) is 5.76 Å². The second-order valence-corrected chi connectivity index (χ2v) is 7.69. The van der Waals surface area contributed by atoms with E-state index in [1.165, 1.54) is 13.3 Å². The van der Waals surface area contributed by atoms with Gasteiger partial charge in [0.2, 0.25) is 11.7 Å². The van der Waals surface area contributed by atoms with Crippen LogP contribution in [0.4, 0.5) is 5.69 Å². The van der Waals surface area contributed by atoms with Crippen molar-refractivity contribution in [2.75, 3.05) is 12.0 Å². The fourth-order valence-corrected chi connectivity index (χ4v) is 3.22. The first-order chi connectivity index (χ1) is 17.4. The highest BCUT2D eigenvalue weighted by atomic mass is 35.5. The zero-order valence-electron chi connectivity index (χ0n) is 19.2. The third-order valence-corrected chi connectivity index (χ3v) is 5.15. The largest absolute Gasteiger partial charge is 0.481 e. The molecule has 1 aromatic carbocycles. The number of ether oxygens (including phenoxy) is 2. The number of pyridine rings is 2. The first-order valence-electron chi connectivity index (χ1n) is 10.2. The number of nitrogens with two attached hydrogens (primary N) is 2. The number of hydrazone groups is 2. The van der Waals surface area contributed by atoms with Gasteiger partial charge in [0.25, 0.3) is 5.90 Å². The van der Waals surface area contributed by atoms with Crippen LogP contribution in [0.1, 0.15) is 11.3 Å². The van der Waals surface area contributed by atoms with E-state index >= 15 is 0 Å². The molecular weight excluding hydrogens is 501 g/mol. The van der Waals surface area contributed by atoms with E-state index in [0.717, 1.165) is 0 Å². The number of methoxy groups -OCH3 is 1. The van der Waals surface area contributed by atoms with Crippen molar-refractivity contribution in [3.05, 3.63) is 95.4 Å². The van der Waals surface area contributed by atoms with Crippen molar-refractivity contribution in [3.63, 3.8) is 0 Å². The van der Waals surface area contributed by atoms with Crippen molar-refractivity contribution >= 4 is 52.1 Å². The maximum absolute atomic E-state index is 6.46. The molecule has 0 saturated heterocycles. The van der Waals surface area contributed by atoms with Crippen LogP contribution in [0.3, 0.4) is 0 Å². The van der Waals surface area contributed by atoms with Crippen LogP contribution in [0.2, 0.25) is 10.0 Å². The Hall–Kier alpha value is -4.52. The molecule has 0 aliphatic carbocycles. The molecular formula is C25H21Cl2N7O2. The number of halogens is 2. The summed E-state index contributed by atoms with van der Waals surface area (Å²) in [6.07, 6.45) is 3.04. The number of benzene rings is 1. The minimum atomic E-state index is -0.147. The molecule has 0 saturated carbocycles. The molecule has 0 amide bonds. The third-order valence-electron chi connectivity index (χ3n) is 4.60. The van der Waals surface area contributed by atoms with Gasteiger partial charge in [-0.1, -0.05) is 48.5 Å². The molecule has 9 nitrogen and oxygen atoms in total. The number of amidine groups is 1. The van der Waals surface area contributed by atoms with Gasteiger partial charge in [-0.3, -0.25) is 9.88 Å². The van der Waals surface area contributed by atoms with Gasteiger partial charge in [-0.15, -0.1) is 5.10 Å². The highest BCUT2D eigenvalue weighted by Crippen LogP contribution is 2.31. The summed E-state index contributed by atoms with van der Waals surface area (Å²) in [4.78, 5) is 9.90. The lowest BCUT2D eigenvalue weighted by Crippen LogP contribution is -2.30. The number of nitrogens with zero attached hydrogens (tertiary/aromatic N) is 5. The van der Waals surface area contributed by atoms with Crippen LogP contribution in [-0.4, -0.2) is 28.8 Å². The summed E-state index contributed by atoms with van der Waals surface area (Å²) in [7, 11) is 1.50. The normalized spacial score (nSPS) is 11.2. The predicted octanol–water partition coefficient (Wildman–Crippen LogP) is 4.50. The molecule has 0 aliphatic rings. The summed E-state index contributed by atoms with van der Waals surface area (Å²) in [5.41, 5.74) is 1.99. The average Bonchev–Trinajstić information content (AvgIpc) is 2.90. The molecule has 182 valence electrons. The summed E-state index contributed by atoms with van der Waals surface area (Å²) in [5.74, 6) is 17.2. The summed E-state index contributed by atoms with van der Waals surface area (Å²) < 4.78 is 10.7. The van der Waals surface area contributed by atoms with Crippen molar-refractivity contribution < 1.29 is 9.47 Å². The van der Waals surface area contributed by atoms with Crippen molar-refractivity contribution in [3.8, 4) is 17.7 Å². The highest BCUT2D eigenvalue weighted by molar-refractivity contribution is 6.35. The Bertz CT molecular complexity index is 1390. The topological polar surface area (TPSA) is 124 Å². The fourth-order valence-electron chi connectivity index (χ4n) is 2.89. The van der Waals surface area contributed by atoms with E-state index in [-0.39, 0.29) is 17.5 Å². The molecule has 4 N–H and O–H groups in total. The molecule has 0 spiro atoms. The van der Waals surface area contributed by atoms with Crippen molar-refractivity contribution in [2.45, 2.75) is 0 Å². The third kappa shape index (κ3) is 6.33. The van der Waals surface area contributed by atoms with Crippen LogP contribution in [0.15, 0.2) is 84.3 Å². The van der Waals surface area contributed by atoms with E-state index < -0.39 is 0 Å². The number of anilines is 1. The number of para-hydroxylation sites is 1. The van der Waals surface area contributed by atoms with Crippen LogP contribution in [0, 0.1) is 11.8 Å². The Kier molecular flexibility index (Phi) is 8.89. The second kappa shape index (κ2) is 12.3. The number of hydrogen-bond acceptors (Lipinski definition) is 8. The zero-order chi connectivity index (χ0) is 26.1. The van der Waals surface area contributed by atoms with Gasteiger partial charge in [-0.25, -0.2) is 4.98 Å². The molecule has 0 radical (unpaired) electrons. The SMILES string of the molecule is C=C(O/C(C#C/C(=N/N)N(C(=C)c1ccc(Cl)cn1)c1ccccc1Cl)=N\N)c1ccnc(OC)c1. The Balaban J connectivity index is 1.94. The molecule has 2 heterocycles. The minimum absolute atomic E-state index is 0.0609. The fraction of sp³-hybridized carbons (Fsp3) is 0.0400. The first kappa shape index (κ1) is 26.1. The maximum atomic E-state index is 6.46. The lowest BCUT2D eigenvalue weighted by atomic mass is 10.2. The van der Waals surface area contributed by atoms with Crippen LogP contribution >= 0.6 is 23.2 Å². The second-order valence-electron chi connectivity index (χ2n) is 6.84. The van der Waals surface area contributed by atoms with Crippen LogP contribution in [0.5, 0.6) is 5.88 Å². The average molecular weight is 522 g/mol. The van der Waals surface area contributed by atoms with E-state index in [1.807, 2.05) is 0 Å². The van der Waals surface area contributed by atoms with Crippen molar-refractivity contribution in [1.29, 1.82) is 0 Å². The van der Waals surface area contributed by atoms with Crippen LogP contribution < -0.4 is 21.3 Å². The molecule has 0 bridgehead atoms. The predicted molar refractivity (Wildman–Crippen MR) is 144 cm³/mol. The maximum Gasteiger partial charge on any atom is 0.290 e. The summed E-state index contributed by atoms with van der Waals surface area (Å²) in [6.45, 7) is 8.01. The first-order valence-corrected chi connectivity index (χ1v) is 10.9. The molecule has 0 atom stereocenters. The molecule has 3 aromatic rings. The van der Waals surface area contributed by atoms with E-state index in [0.29, 0.717) is 38.6 Å². The lowest BCUT2D eigenvalue weighted by Gasteiger charge is -2.25. The minimum Gasteiger partial charge on any atom is -0.481 e. The van der Waals surface area contributed by atoms with E-state index in [1.54, 1.807) is 59.6 Å². The summed E-state index contributed by atoms with van der Waals surface area (Å²) in [5, 5.41) is 8.29. The number of aromatic nitrogens is 2. The summed E-state index contributed by atoms with van der Waals surface area (Å²) in [6, 6.07) is 13.7. The van der Waals surface area contributed by atoms with E-state index in [9.17, 15) is 0 Å². The van der Waals surface area contributed by atoms with E-state index in [4.69, 9.17) is 44.4 Å². The van der Waals surface area contributed by atoms with Crippen molar-refractivity contribution in [1.82, 2.24) is 9.97 Å².